The topological polar surface area (TPSA) is 59.8 Å². The number of carbonyl (C=O) groups is 1. The maximum Gasteiger partial charge on any atom is 0.234 e. The molecule has 1 aromatic heterocycles. The minimum Gasteiger partial charge on any atom is -0.345 e. The Morgan fingerprint density at radius 1 is 1.43 bits per heavy atom. The maximum absolute atomic E-state index is 12.6. The van der Waals surface area contributed by atoms with Crippen LogP contribution in [0.15, 0.2) is 23.1 Å². The van der Waals surface area contributed by atoms with Crippen molar-refractivity contribution in [2.24, 2.45) is 0 Å². The van der Waals surface area contributed by atoms with E-state index in [4.69, 9.17) is 0 Å². The number of fused-ring (bicyclic) bond motifs is 2. The number of rotatable bonds is 3. The molecule has 0 spiro atoms. The number of hydrogen-bond donors (Lipinski definition) is 1. The standard InChI is InChI=1S/C17H20N4OS/c1-10-5-6-12-9-14(23-13(12)8-10)17(22)18-11(2)16-20-19-15-4-3-7-21(15)16/h5-6,8,11,14H,3-4,7,9H2,1-2H3,(H,18,22)/t11-,14+/m0/s1. The lowest BCUT2D eigenvalue weighted by atomic mass is 10.1. The van der Waals surface area contributed by atoms with Crippen molar-refractivity contribution in [2.45, 2.75) is 55.8 Å². The van der Waals surface area contributed by atoms with Crippen LogP contribution < -0.4 is 5.32 Å². The van der Waals surface area contributed by atoms with Crippen molar-refractivity contribution in [3.8, 4) is 0 Å². The molecule has 0 unspecified atom stereocenters. The minimum absolute atomic E-state index is 0.0461. The van der Waals surface area contributed by atoms with Crippen LogP contribution in [-0.4, -0.2) is 25.9 Å². The number of aromatic nitrogens is 3. The summed E-state index contributed by atoms with van der Waals surface area (Å²) in [7, 11) is 0. The van der Waals surface area contributed by atoms with Gasteiger partial charge in [-0.25, -0.2) is 0 Å². The molecule has 2 atom stereocenters. The van der Waals surface area contributed by atoms with Crippen LogP contribution in [0.4, 0.5) is 0 Å². The SMILES string of the molecule is Cc1ccc2c(c1)S[C@@H](C(=O)N[C@@H](C)c1nnc3n1CCC3)C2. The van der Waals surface area contributed by atoms with Crippen LogP contribution in [0, 0.1) is 6.92 Å². The Hall–Kier alpha value is -1.82. The molecule has 2 aliphatic rings. The quantitative estimate of drug-likeness (QED) is 0.940. The van der Waals surface area contributed by atoms with E-state index in [9.17, 15) is 4.79 Å². The summed E-state index contributed by atoms with van der Waals surface area (Å²) in [4.78, 5) is 13.9. The summed E-state index contributed by atoms with van der Waals surface area (Å²) in [5.74, 6) is 2.01. The van der Waals surface area contributed by atoms with Gasteiger partial charge in [-0.2, -0.15) is 0 Å². The van der Waals surface area contributed by atoms with Crippen LogP contribution >= 0.6 is 11.8 Å². The average molecular weight is 328 g/mol. The zero-order chi connectivity index (χ0) is 16.0. The highest BCUT2D eigenvalue weighted by atomic mass is 32.2. The first-order valence-corrected chi connectivity index (χ1v) is 8.98. The number of benzene rings is 1. The summed E-state index contributed by atoms with van der Waals surface area (Å²) in [6, 6.07) is 6.32. The van der Waals surface area contributed by atoms with Gasteiger partial charge in [0, 0.05) is 17.9 Å². The fraction of sp³-hybridized carbons (Fsp3) is 0.471. The van der Waals surface area contributed by atoms with Crippen LogP contribution in [0.25, 0.3) is 0 Å². The van der Waals surface area contributed by atoms with Gasteiger partial charge in [0.05, 0.1) is 11.3 Å². The second-order valence-electron chi connectivity index (χ2n) is 6.38. The summed E-state index contributed by atoms with van der Waals surface area (Å²) >= 11 is 1.67. The number of nitrogens with zero attached hydrogens (tertiary/aromatic N) is 3. The molecule has 0 saturated heterocycles. The third kappa shape index (κ3) is 2.65. The Balaban J connectivity index is 1.44. The van der Waals surface area contributed by atoms with E-state index < -0.39 is 0 Å². The van der Waals surface area contributed by atoms with E-state index in [0.717, 1.165) is 37.5 Å². The Morgan fingerprint density at radius 2 is 2.30 bits per heavy atom. The van der Waals surface area contributed by atoms with Gasteiger partial charge in [0.2, 0.25) is 5.91 Å². The van der Waals surface area contributed by atoms with Gasteiger partial charge < -0.3 is 9.88 Å². The monoisotopic (exact) mass is 328 g/mol. The molecule has 4 rings (SSSR count). The first kappa shape index (κ1) is 14.8. The van der Waals surface area contributed by atoms with E-state index in [0.29, 0.717) is 0 Å². The molecule has 0 bridgehead atoms. The highest BCUT2D eigenvalue weighted by Crippen LogP contribution is 2.37. The first-order valence-electron chi connectivity index (χ1n) is 8.10. The molecular formula is C17H20N4OS. The van der Waals surface area contributed by atoms with Crippen molar-refractivity contribution < 1.29 is 4.79 Å². The molecule has 120 valence electrons. The van der Waals surface area contributed by atoms with Crippen LogP contribution in [0.2, 0.25) is 0 Å². The Kier molecular flexibility index (Phi) is 3.64. The molecule has 2 aromatic rings. The first-order chi connectivity index (χ1) is 11.1. The third-order valence-corrected chi connectivity index (χ3v) is 5.87. The normalized spacial score (nSPS) is 20.2. The Bertz CT molecular complexity index is 770. The highest BCUT2D eigenvalue weighted by Gasteiger charge is 2.30. The average Bonchev–Trinajstić information content (AvgIpc) is 3.20. The molecule has 0 aliphatic carbocycles. The van der Waals surface area contributed by atoms with Crippen molar-refractivity contribution in [3.05, 3.63) is 41.0 Å². The number of hydrogen-bond acceptors (Lipinski definition) is 4. The van der Waals surface area contributed by atoms with Crippen molar-refractivity contribution in [3.63, 3.8) is 0 Å². The molecule has 3 heterocycles. The number of carbonyl (C=O) groups excluding carboxylic acids is 1. The van der Waals surface area contributed by atoms with Gasteiger partial charge in [-0.3, -0.25) is 4.79 Å². The number of thioether (sulfide) groups is 1. The van der Waals surface area contributed by atoms with Crippen LogP contribution in [0.5, 0.6) is 0 Å². The number of aryl methyl sites for hydroxylation is 2. The number of amides is 1. The van der Waals surface area contributed by atoms with Crippen molar-refractivity contribution in [2.75, 3.05) is 0 Å². The summed E-state index contributed by atoms with van der Waals surface area (Å²) in [6.07, 6.45) is 2.91. The summed E-state index contributed by atoms with van der Waals surface area (Å²) < 4.78 is 2.14. The second kappa shape index (κ2) is 5.67. The van der Waals surface area contributed by atoms with E-state index >= 15 is 0 Å². The van der Waals surface area contributed by atoms with E-state index in [-0.39, 0.29) is 17.2 Å². The van der Waals surface area contributed by atoms with Gasteiger partial charge in [-0.05, 0) is 38.3 Å². The predicted molar refractivity (Wildman–Crippen MR) is 89.4 cm³/mol. The number of nitrogens with one attached hydrogen (secondary N) is 1. The van der Waals surface area contributed by atoms with Gasteiger partial charge in [0.15, 0.2) is 5.82 Å². The molecule has 23 heavy (non-hydrogen) atoms. The predicted octanol–water partition coefficient (Wildman–Crippen LogP) is 2.43. The largest absolute Gasteiger partial charge is 0.345 e. The Morgan fingerprint density at radius 3 is 3.17 bits per heavy atom. The summed E-state index contributed by atoms with van der Waals surface area (Å²) in [6.45, 7) is 5.04. The van der Waals surface area contributed by atoms with Crippen LogP contribution in [-0.2, 0) is 24.2 Å². The third-order valence-electron chi connectivity index (χ3n) is 4.57. The van der Waals surface area contributed by atoms with Crippen molar-refractivity contribution in [1.82, 2.24) is 20.1 Å². The van der Waals surface area contributed by atoms with E-state index in [2.05, 4.69) is 45.2 Å². The fourth-order valence-corrected chi connectivity index (χ4v) is 4.65. The lowest BCUT2D eigenvalue weighted by Gasteiger charge is -2.16. The lowest BCUT2D eigenvalue weighted by molar-refractivity contribution is -0.121. The molecule has 0 fully saturated rings. The molecule has 1 aromatic carbocycles. The maximum atomic E-state index is 12.6. The summed E-state index contributed by atoms with van der Waals surface area (Å²) in [5, 5.41) is 11.6. The van der Waals surface area contributed by atoms with Gasteiger partial charge in [0.1, 0.15) is 5.82 Å². The zero-order valence-electron chi connectivity index (χ0n) is 13.4. The molecule has 6 heteroatoms. The summed E-state index contributed by atoms with van der Waals surface area (Å²) in [5.41, 5.74) is 2.52. The van der Waals surface area contributed by atoms with Crippen LogP contribution in [0.1, 0.15) is 42.2 Å². The molecule has 2 aliphatic heterocycles. The molecule has 1 N–H and O–H groups in total. The second-order valence-corrected chi connectivity index (χ2v) is 7.63. The van der Waals surface area contributed by atoms with Gasteiger partial charge >= 0.3 is 0 Å². The molecule has 0 saturated carbocycles. The molecule has 0 radical (unpaired) electrons. The van der Waals surface area contributed by atoms with E-state index in [1.54, 1.807) is 11.8 Å². The molecule has 1 amide bonds. The van der Waals surface area contributed by atoms with E-state index in [1.165, 1.54) is 16.0 Å². The van der Waals surface area contributed by atoms with Crippen molar-refractivity contribution >= 4 is 17.7 Å². The minimum atomic E-state index is -0.104. The van der Waals surface area contributed by atoms with Gasteiger partial charge in [-0.15, -0.1) is 22.0 Å². The van der Waals surface area contributed by atoms with Gasteiger partial charge in [0.25, 0.3) is 0 Å². The zero-order valence-corrected chi connectivity index (χ0v) is 14.2. The van der Waals surface area contributed by atoms with Crippen LogP contribution in [0.3, 0.4) is 0 Å². The fourth-order valence-electron chi connectivity index (χ4n) is 3.35. The Labute approximate surface area is 139 Å². The van der Waals surface area contributed by atoms with Gasteiger partial charge in [-0.1, -0.05) is 17.7 Å². The van der Waals surface area contributed by atoms with E-state index in [1.807, 2.05) is 6.92 Å². The molecular weight excluding hydrogens is 308 g/mol. The lowest BCUT2D eigenvalue weighted by Crippen LogP contribution is -2.35. The smallest absolute Gasteiger partial charge is 0.234 e. The molecule has 5 nitrogen and oxygen atoms in total. The van der Waals surface area contributed by atoms with Crippen molar-refractivity contribution in [1.29, 1.82) is 0 Å². The highest BCUT2D eigenvalue weighted by molar-refractivity contribution is 8.01.